The van der Waals surface area contributed by atoms with E-state index in [1.165, 1.54) is 23.5 Å². The van der Waals surface area contributed by atoms with Crippen molar-refractivity contribution in [2.24, 2.45) is 0 Å². The predicted molar refractivity (Wildman–Crippen MR) is 119 cm³/mol. The van der Waals surface area contributed by atoms with E-state index >= 15 is 0 Å². The molecule has 1 aromatic carbocycles. The lowest BCUT2D eigenvalue weighted by atomic mass is 10.1. The number of nitrogens with one attached hydrogen (secondary N) is 1. The van der Waals surface area contributed by atoms with E-state index < -0.39 is 35.3 Å². The third-order valence-corrected chi connectivity index (χ3v) is 6.29. The van der Waals surface area contributed by atoms with Crippen LogP contribution in [0.2, 0.25) is 0 Å². The van der Waals surface area contributed by atoms with Gasteiger partial charge in [-0.25, -0.2) is 18.6 Å². The maximum atomic E-state index is 13.4. The molecule has 1 aliphatic heterocycles. The molecule has 0 radical (unpaired) electrons. The number of rotatable bonds is 6. The second kappa shape index (κ2) is 9.03. The molecule has 0 spiro atoms. The second-order valence-electron chi connectivity index (χ2n) is 7.45. The van der Waals surface area contributed by atoms with Gasteiger partial charge in [-0.2, -0.15) is 0 Å². The normalized spacial score (nSPS) is 14.0. The average Bonchev–Trinajstić information content (AvgIpc) is 3.23. The third-order valence-electron chi connectivity index (χ3n) is 5.20. The zero-order valence-electron chi connectivity index (χ0n) is 17.1. The molecule has 1 amide bonds. The number of fused-ring (bicyclic) bond motifs is 1. The SMILES string of the molecule is C=CCn1c(=O)c2sc(N3CCCCC3)nc2n(CC(=O)Nc2ccc(F)c(F)c2)c1=O. The Kier molecular flexibility index (Phi) is 6.17. The number of anilines is 2. The van der Waals surface area contributed by atoms with Gasteiger partial charge in [-0.3, -0.25) is 18.7 Å². The lowest BCUT2D eigenvalue weighted by Gasteiger charge is -2.25. The minimum absolute atomic E-state index is 0.0185. The molecule has 1 N–H and O–H groups in total. The first-order valence-electron chi connectivity index (χ1n) is 10.1. The van der Waals surface area contributed by atoms with E-state index in [0.717, 1.165) is 53.6 Å². The van der Waals surface area contributed by atoms with E-state index in [1.807, 2.05) is 0 Å². The van der Waals surface area contributed by atoms with Gasteiger partial charge < -0.3 is 10.2 Å². The maximum absolute atomic E-state index is 13.4. The Morgan fingerprint density at radius 1 is 1.16 bits per heavy atom. The number of piperidine rings is 1. The number of hydrogen-bond acceptors (Lipinski definition) is 6. The standard InChI is InChI=1S/C21H21F2N5O3S/c1-2-8-27-19(30)17-18(25-20(32-17)26-9-4-3-5-10-26)28(21(27)31)12-16(29)24-13-6-7-14(22)15(23)11-13/h2,6-7,11H,1,3-5,8-10,12H2,(H,24,29). The Morgan fingerprint density at radius 2 is 1.91 bits per heavy atom. The molecule has 11 heteroatoms. The Labute approximate surface area is 185 Å². The molecule has 3 aromatic rings. The van der Waals surface area contributed by atoms with Gasteiger partial charge in [-0.05, 0) is 31.4 Å². The van der Waals surface area contributed by atoms with Crippen LogP contribution in [0.4, 0.5) is 19.6 Å². The first kappa shape index (κ1) is 21.9. The molecule has 0 unspecified atom stereocenters. The predicted octanol–water partition coefficient (Wildman–Crippen LogP) is 2.71. The van der Waals surface area contributed by atoms with Crippen molar-refractivity contribution in [3.8, 4) is 0 Å². The van der Waals surface area contributed by atoms with E-state index in [4.69, 9.17) is 0 Å². The van der Waals surface area contributed by atoms with Gasteiger partial charge in [-0.1, -0.05) is 17.4 Å². The molecule has 1 fully saturated rings. The van der Waals surface area contributed by atoms with E-state index in [0.29, 0.717) is 5.13 Å². The van der Waals surface area contributed by atoms with Gasteiger partial charge in [0, 0.05) is 31.4 Å². The van der Waals surface area contributed by atoms with Gasteiger partial charge in [0.2, 0.25) is 5.91 Å². The summed E-state index contributed by atoms with van der Waals surface area (Å²) in [6.45, 7) is 4.73. The molecule has 8 nitrogen and oxygen atoms in total. The van der Waals surface area contributed by atoms with E-state index in [2.05, 4.69) is 21.8 Å². The number of aromatic nitrogens is 3. The van der Waals surface area contributed by atoms with Crippen molar-refractivity contribution >= 4 is 38.4 Å². The molecule has 0 saturated carbocycles. The molecule has 1 saturated heterocycles. The number of carbonyl (C=O) groups excluding carboxylic acids is 1. The summed E-state index contributed by atoms with van der Waals surface area (Å²) in [4.78, 5) is 45.1. The van der Waals surface area contributed by atoms with Crippen LogP contribution in [0, 0.1) is 11.6 Å². The van der Waals surface area contributed by atoms with Crippen LogP contribution in [0.15, 0.2) is 40.4 Å². The lowest BCUT2D eigenvalue weighted by molar-refractivity contribution is -0.116. The summed E-state index contributed by atoms with van der Waals surface area (Å²) in [6.07, 6.45) is 4.58. The van der Waals surface area contributed by atoms with Crippen LogP contribution >= 0.6 is 11.3 Å². The Bertz CT molecular complexity index is 1310. The van der Waals surface area contributed by atoms with Gasteiger partial charge in [0.15, 0.2) is 22.4 Å². The summed E-state index contributed by atoms with van der Waals surface area (Å²) >= 11 is 1.19. The van der Waals surface area contributed by atoms with Crippen molar-refractivity contribution in [2.45, 2.75) is 32.4 Å². The fourth-order valence-corrected chi connectivity index (χ4v) is 4.71. The van der Waals surface area contributed by atoms with Gasteiger partial charge >= 0.3 is 5.69 Å². The molecule has 32 heavy (non-hydrogen) atoms. The number of thiazole rings is 1. The Hall–Kier alpha value is -3.34. The van der Waals surface area contributed by atoms with Gasteiger partial charge in [0.05, 0.1) is 0 Å². The summed E-state index contributed by atoms with van der Waals surface area (Å²) in [5.41, 5.74) is -1.00. The van der Waals surface area contributed by atoms with Crippen molar-refractivity contribution in [3.05, 3.63) is 63.3 Å². The molecule has 1 aliphatic rings. The van der Waals surface area contributed by atoms with Crippen LogP contribution in [0.3, 0.4) is 0 Å². The molecular weight excluding hydrogens is 440 g/mol. The number of carbonyl (C=O) groups is 1. The van der Waals surface area contributed by atoms with E-state index in [9.17, 15) is 23.2 Å². The van der Waals surface area contributed by atoms with E-state index in [1.54, 1.807) is 0 Å². The van der Waals surface area contributed by atoms with Crippen molar-refractivity contribution in [2.75, 3.05) is 23.3 Å². The van der Waals surface area contributed by atoms with Crippen LogP contribution in [0.1, 0.15) is 19.3 Å². The zero-order chi connectivity index (χ0) is 22.8. The molecule has 0 bridgehead atoms. The molecule has 168 valence electrons. The Balaban J connectivity index is 1.74. The highest BCUT2D eigenvalue weighted by Crippen LogP contribution is 2.28. The zero-order valence-corrected chi connectivity index (χ0v) is 18.0. The van der Waals surface area contributed by atoms with Crippen LogP contribution in [0.25, 0.3) is 10.3 Å². The first-order valence-corrected chi connectivity index (χ1v) is 11.0. The van der Waals surface area contributed by atoms with Crippen molar-refractivity contribution in [3.63, 3.8) is 0 Å². The van der Waals surface area contributed by atoms with Gasteiger partial charge in [0.25, 0.3) is 5.56 Å². The summed E-state index contributed by atoms with van der Waals surface area (Å²) in [6, 6.07) is 2.96. The van der Waals surface area contributed by atoms with Crippen LogP contribution in [-0.4, -0.2) is 33.1 Å². The summed E-state index contributed by atoms with van der Waals surface area (Å²) in [5.74, 6) is -2.78. The number of allylic oxidation sites excluding steroid dienone is 1. The molecular formula is C21H21F2N5O3S. The molecule has 4 rings (SSSR count). The van der Waals surface area contributed by atoms with Crippen LogP contribution in [0.5, 0.6) is 0 Å². The third kappa shape index (κ3) is 4.20. The average molecular weight is 461 g/mol. The fourth-order valence-electron chi connectivity index (χ4n) is 3.64. The number of halogens is 2. The minimum atomic E-state index is -1.10. The molecule has 3 heterocycles. The summed E-state index contributed by atoms with van der Waals surface area (Å²) < 4.78 is 29.0. The smallest absolute Gasteiger partial charge is 0.333 e. The summed E-state index contributed by atoms with van der Waals surface area (Å²) in [7, 11) is 0. The molecule has 0 atom stereocenters. The van der Waals surface area contributed by atoms with Gasteiger partial charge in [-0.15, -0.1) is 6.58 Å². The van der Waals surface area contributed by atoms with Crippen molar-refractivity contribution < 1.29 is 13.6 Å². The molecule has 0 aliphatic carbocycles. The quantitative estimate of drug-likeness (QED) is 0.571. The Morgan fingerprint density at radius 3 is 2.59 bits per heavy atom. The molecule has 2 aromatic heterocycles. The van der Waals surface area contributed by atoms with Crippen molar-refractivity contribution in [1.82, 2.24) is 14.1 Å². The number of amides is 1. The van der Waals surface area contributed by atoms with Crippen LogP contribution < -0.4 is 21.5 Å². The van der Waals surface area contributed by atoms with E-state index in [-0.39, 0.29) is 22.6 Å². The maximum Gasteiger partial charge on any atom is 0.333 e. The first-order chi connectivity index (χ1) is 15.4. The number of hydrogen-bond donors (Lipinski definition) is 1. The number of benzene rings is 1. The van der Waals surface area contributed by atoms with Crippen LogP contribution in [-0.2, 0) is 17.9 Å². The highest BCUT2D eigenvalue weighted by Gasteiger charge is 2.22. The second-order valence-corrected chi connectivity index (χ2v) is 8.42. The number of nitrogens with zero attached hydrogens (tertiary/aromatic N) is 4. The van der Waals surface area contributed by atoms with Crippen molar-refractivity contribution in [1.29, 1.82) is 0 Å². The fraction of sp³-hybridized carbons (Fsp3) is 0.333. The van der Waals surface area contributed by atoms with Gasteiger partial charge in [0.1, 0.15) is 11.2 Å². The minimum Gasteiger partial charge on any atom is -0.348 e. The highest BCUT2D eigenvalue weighted by molar-refractivity contribution is 7.22. The largest absolute Gasteiger partial charge is 0.348 e. The highest BCUT2D eigenvalue weighted by atomic mass is 32.1. The monoisotopic (exact) mass is 461 g/mol. The lowest BCUT2D eigenvalue weighted by Crippen LogP contribution is -2.41. The summed E-state index contributed by atoms with van der Waals surface area (Å²) in [5, 5.41) is 3.07. The topological polar surface area (TPSA) is 89.2 Å².